The Hall–Kier alpha value is -0.890. The fourth-order valence-electron chi connectivity index (χ4n) is 2.16. The Kier molecular flexibility index (Phi) is 5.47. The van der Waals surface area contributed by atoms with Crippen LogP contribution in [0, 0.1) is 12.8 Å². The molecule has 2 nitrogen and oxygen atoms in total. The number of aryl methyl sites for hydroxylation is 1. The summed E-state index contributed by atoms with van der Waals surface area (Å²) in [4.78, 5) is 4.60. The Bertz CT molecular complexity index is 309. The van der Waals surface area contributed by atoms with Crippen molar-refractivity contribution >= 4 is 0 Å². The van der Waals surface area contributed by atoms with Crippen LogP contribution in [-0.2, 0) is 0 Å². The number of aromatic nitrogens is 1. The van der Waals surface area contributed by atoms with Gasteiger partial charge in [-0.3, -0.25) is 4.98 Å². The molecule has 1 aromatic heterocycles. The molecule has 1 aromatic rings. The van der Waals surface area contributed by atoms with Gasteiger partial charge in [0.2, 0.25) is 0 Å². The van der Waals surface area contributed by atoms with E-state index in [-0.39, 0.29) is 0 Å². The molecule has 16 heavy (non-hydrogen) atoms. The molecule has 0 aromatic carbocycles. The number of rotatable bonds is 6. The van der Waals surface area contributed by atoms with Crippen molar-refractivity contribution in [2.75, 3.05) is 7.05 Å². The van der Waals surface area contributed by atoms with Crippen LogP contribution in [0.4, 0.5) is 0 Å². The van der Waals surface area contributed by atoms with Gasteiger partial charge in [-0.25, -0.2) is 0 Å². The number of hydrogen-bond donors (Lipinski definition) is 1. The highest BCUT2D eigenvalue weighted by molar-refractivity contribution is 5.13. The number of pyridine rings is 1. The highest BCUT2D eigenvalue weighted by Gasteiger charge is 2.14. The average Bonchev–Trinajstić information content (AvgIpc) is 2.26. The van der Waals surface area contributed by atoms with Crippen molar-refractivity contribution in [2.45, 2.75) is 46.1 Å². The standard InChI is InChI=1S/C14H24N2/c1-5-7-11(2)10-14(15-4)13-9-6-8-12(3)16-13/h6,8-9,11,14-15H,5,7,10H2,1-4H3. The van der Waals surface area contributed by atoms with Gasteiger partial charge in [0.15, 0.2) is 0 Å². The predicted molar refractivity (Wildman–Crippen MR) is 69.5 cm³/mol. The van der Waals surface area contributed by atoms with Crippen molar-refractivity contribution < 1.29 is 0 Å². The largest absolute Gasteiger partial charge is 0.312 e. The Balaban J connectivity index is 2.67. The Morgan fingerprint density at radius 3 is 2.69 bits per heavy atom. The third-order valence-corrected chi connectivity index (χ3v) is 3.03. The zero-order chi connectivity index (χ0) is 12.0. The number of hydrogen-bond acceptors (Lipinski definition) is 2. The third kappa shape index (κ3) is 3.93. The minimum Gasteiger partial charge on any atom is -0.312 e. The normalized spacial score (nSPS) is 14.8. The van der Waals surface area contributed by atoms with Crippen molar-refractivity contribution in [3.8, 4) is 0 Å². The molecule has 0 saturated heterocycles. The molecule has 90 valence electrons. The van der Waals surface area contributed by atoms with E-state index in [9.17, 15) is 0 Å². The first kappa shape index (κ1) is 13.2. The molecular weight excluding hydrogens is 196 g/mol. The summed E-state index contributed by atoms with van der Waals surface area (Å²) in [5, 5.41) is 3.37. The van der Waals surface area contributed by atoms with E-state index >= 15 is 0 Å². The summed E-state index contributed by atoms with van der Waals surface area (Å²) in [6.45, 7) is 6.62. The lowest BCUT2D eigenvalue weighted by atomic mass is 9.95. The molecule has 0 aliphatic rings. The smallest absolute Gasteiger partial charge is 0.0576 e. The molecule has 0 saturated carbocycles. The van der Waals surface area contributed by atoms with Gasteiger partial charge in [0.1, 0.15) is 0 Å². The second-order valence-electron chi connectivity index (χ2n) is 4.67. The van der Waals surface area contributed by atoms with E-state index in [1.54, 1.807) is 0 Å². The Morgan fingerprint density at radius 2 is 2.12 bits per heavy atom. The first-order valence-electron chi connectivity index (χ1n) is 6.28. The van der Waals surface area contributed by atoms with Crippen LogP contribution < -0.4 is 5.32 Å². The molecule has 2 atom stereocenters. The summed E-state index contributed by atoms with van der Waals surface area (Å²) in [5.74, 6) is 0.754. The van der Waals surface area contributed by atoms with Crippen LogP contribution in [0.25, 0.3) is 0 Å². The SMILES string of the molecule is CCCC(C)CC(NC)c1cccc(C)n1. The second-order valence-corrected chi connectivity index (χ2v) is 4.67. The maximum Gasteiger partial charge on any atom is 0.0576 e. The fraction of sp³-hybridized carbons (Fsp3) is 0.643. The molecular formula is C14H24N2. The zero-order valence-corrected chi connectivity index (χ0v) is 11.0. The lowest BCUT2D eigenvalue weighted by Gasteiger charge is -2.20. The number of nitrogens with zero attached hydrogens (tertiary/aromatic N) is 1. The van der Waals surface area contributed by atoms with Crippen LogP contribution in [0.3, 0.4) is 0 Å². The highest BCUT2D eigenvalue weighted by atomic mass is 14.9. The monoisotopic (exact) mass is 220 g/mol. The molecule has 0 fully saturated rings. The summed E-state index contributed by atoms with van der Waals surface area (Å²) in [7, 11) is 2.02. The van der Waals surface area contributed by atoms with Crippen LogP contribution in [0.5, 0.6) is 0 Å². The molecule has 0 radical (unpaired) electrons. The van der Waals surface area contributed by atoms with Crippen LogP contribution in [0.1, 0.15) is 50.5 Å². The van der Waals surface area contributed by atoms with E-state index in [4.69, 9.17) is 0 Å². The maximum absolute atomic E-state index is 4.60. The van der Waals surface area contributed by atoms with Gasteiger partial charge in [0.25, 0.3) is 0 Å². The van der Waals surface area contributed by atoms with Gasteiger partial charge in [0.05, 0.1) is 5.69 Å². The van der Waals surface area contributed by atoms with E-state index in [2.05, 4.69) is 36.3 Å². The minimum absolute atomic E-state index is 0.390. The van der Waals surface area contributed by atoms with Gasteiger partial charge in [0, 0.05) is 11.7 Å². The Labute approximate surface area is 99.5 Å². The lowest BCUT2D eigenvalue weighted by molar-refractivity contribution is 0.401. The van der Waals surface area contributed by atoms with Crippen LogP contribution in [-0.4, -0.2) is 12.0 Å². The maximum atomic E-state index is 4.60. The second kappa shape index (κ2) is 6.64. The predicted octanol–water partition coefficient (Wildman–Crippen LogP) is 3.48. The average molecular weight is 220 g/mol. The fourth-order valence-corrected chi connectivity index (χ4v) is 2.16. The molecule has 1 N–H and O–H groups in total. The van der Waals surface area contributed by atoms with Crippen molar-refractivity contribution in [3.63, 3.8) is 0 Å². The van der Waals surface area contributed by atoms with Crippen LogP contribution >= 0.6 is 0 Å². The van der Waals surface area contributed by atoms with Crippen molar-refractivity contribution in [3.05, 3.63) is 29.6 Å². The molecule has 1 heterocycles. The topological polar surface area (TPSA) is 24.9 Å². The van der Waals surface area contributed by atoms with Gasteiger partial charge in [-0.05, 0) is 38.4 Å². The first-order valence-corrected chi connectivity index (χ1v) is 6.28. The first-order chi connectivity index (χ1) is 7.67. The highest BCUT2D eigenvalue weighted by Crippen LogP contribution is 2.22. The van der Waals surface area contributed by atoms with Gasteiger partial charge >= 0.3 is 0 Å². The van der Waals surface area contributed by atoms with Crippen LogP contribution in [0.2, 0.25) is 0 Å². The van der Waals surface area contributed by atoms with E-state index in [0.29, 0.717) is 6.04 Å². The molecule has 1 rings (SSSR count). The van der Waals surface area contributed by atoms with Crippen LogP contribution in [0.15, 0.2) is 18.2 Å². The minimum atomic E-state index is 0.390. The van der Waals surface area contributed by atoms with E-state index in [1.807, 2.05) is 20.0 Å². The quantitative estimate of drug-likeness (QED) is 0.794. The van der Waals surface area contributed by atoms with Crippen molar-refractivity contribution in [2.24, 2.45) is 5.92 Å². The molecule has 0 aliphatic carbocycles. The summed E-state index contributed by atoms with van der Waals surface area (Å²) < 4.78 is 0. The third-order valence-electron chi connectivity index (χ3n) is 3.03. The van der Waals surface area contributed by atoms with Crippen molar-refractivity contribution in [1.82, 2.24) is 10.3 Å². The van der Waals surface area contributed by atoms with E-state index in [0.717, 1.165) is 11.6 Å². The van der Waals surface area contributed by atoms with E-state index in [1.165, 1.54) is 25.0 Å². The van der Waals surface area contributed by atoms with Gasteiger partial charge in [-0.15, -0.1) is 0 Å². The van der Waals surface area contributed by atoms with Gasteiger partial charge in [-0.1, -0.05) is 32.8 Å². The number of nitrogens with one attached hydrogen (secondary N) is 1. The molecule has 2 heteroatoms. The molecule has 0 spiro atoms. The molecule has 0 amide bonds. The summed E-state index contributed by atoms with van der Waals surface area (Å²) >= 11 is 0. The van der Waals surface area contributed by atoms with Gasteiger partial charge < -0.3 is 5.32 Å². The van der Waals surface area contributed by atoms with Crippen molar-refractivity contribution in [1.29, 1.82) is 0 Å². The summed E-state index contributed by atoms with van der Waals surface area (Å²) in [5.41, 5.74) is 2.27. The Morgan fingerprint density at radius 1 is 1.38 bits per heavy atom. The molecule has 0 aliphatic heterocycles. The zero-order valence-electron chi connectivity index (χ0n) is 11.0. The summed E-state index contributed by atoms with van der Waals surface area (Å²) in [6.07, 6.45) is 3.73. The van der Waals surface area contributed by atoms with E-state index < -0.39 is 0 Å². The molecule has 0 bridgehead atoms. The van der Waals surface area contributed by atoms with Gasteiger partial charge in [-0.2, -0.15) is 0 Å². The lowest BCUT2D eigenvalue weighted by Crippen LogP contribution is -2.20. The molecule has 2 unspecified atom stereocenters. The summed E-state index contributed by atoms with van der Waals surface area (Å²) in [6, 6.07) is 6.65.